The highest BCUT2D eigenvalue weighted by molar-refractivity contribution is 7.80. The fourth-order valence-corrected chi connectivity index (χ4v) is 1.07. The van der Waals surface area contributed by atoms with Crippen molar-refractivity contribution in [3.63, 3.8) is 0 Å². The molecule has 1 amide bonds. The summed E-state index contributed by atoms with van der Waals surface area (Å²) in [5.41, 5.74) is 0. The van der Waals surface area contributed by atoms with Crippen molar-refractivity contribution in [2.24, 2.45) is 0 Å². The van der Waals surface area contributed by atoms with E-state index in [0.717, 1.165) is 6.42 Å². The Morgan fingerprint density at radius 1 is 1.67 bits per heavy atom. The predicted octanol–water partition coefficient (Wildman–Crippen LogP) is 0.847. The van der Waals surface area contributed by atoms with Gasteiger partial charge in [-0.3, -0.25) is 4.79 Å². The first-order chi connectivity index (χ1) is 5.74. The molecule has 0 fully saturated rings. The molecule has 0 saturated heterocycles. The van der Waals surface area contributed by atoms with Crippen LogP contribution in [-0.4, -0.2) is 31.4 Å². The number of ether oxygens (including phenoxy) is 1. The lowest BCUT2D eigenvalue weighted by atomic mass is 10.2. The van der Waals surface area contributed by atoms with Gasteiger partial charge in [-0.1, -0.05) is 6.92 Å². The van der Waals surface area contributed by atoms with E-state index >= 15 is 0 Å². The molecule has 72 valence electrons. The molecule has 0 aromatic heterocycles. The minimum absolute atomic E-state index is 0.0499. The molecular formula is C8H17NO2S. The molecule has 0 bridgehead atoms. The van der Waals surface area contributed by atoms with Gasteiger partial charge in [-0.05, 0) is 12.2 Å². The van der Waals surface area contributed by atoms with E-state index in [-0.39, 0.29) is 11.9 Å². The van der Waals surface area contributed by atoms with Crippen molar-refractivity contribution in [1.82, 2.24) is 5.32 Å². The molecular weight excluding hydrogens is 174 g/mol. The average molecular weight is 191 g/mol. The molecule has 0 aliphatic rings. The van der Waals surface area contributed by atoms with Crippen LogP contribution < -0.4 is 5.32 Å². The summed E-state index contributed by atoms with van der Waals surface area (Å²) in [4.78, 5) is 11.1. The molecule has 1 unspecified atom stereocenters. The fourth-order valence-electron chi connectivity index (χ4n) is 0.864. The van der Waals surface area contributed by atoms with Gasteiger partial charge in [-0.25, -0.2) is 0 Å². The van der Waals surface area contributed by atoms with Crippen LogP contribution in [0.25, 0.3) is 0 Å². The topological polar surface area (TPSA) is 38.3 Å². The first kappa shape index (κ1) is 11.8. The fraction of sp³-hybridized carbons (Fsp3) is 0.875. The number of hydrogen-bond donors (Lipinski definition) is 2. The van der Waals surface area contributed by atoms with Crippen molar-refractivity contribution >= 4 is 18.5 Å². The lowest BCUT2D eigenvalue weighted by Crippen LogP contribution is -2.37. The smallest absolute Gasteiger partial charge is 0.221 e. The van der Waals surface area contributed by atoms with E-state index in [4.69, 9.17) is 4.74 Å². The molecule has 0 aromatic carbocycles. The summed E-state index contributed by atoms with van der Waals surface area (Å²) < 4.78 is 4.94. The van der Waals surface area contributed by atoms with Crippen molar-refractivity contribution in [3.05, 3.63) is 0 Å². The zero-order valence-corrected chi connectivity index (χ0v) is 8.56. The number of thiol groups is 1. The van der Waals surface area contributed by atoms with Crippen LogP contribution in [0.1, 0.15) is 19.8 Å². The van der Waals surface area contributed by atoms with E-state index < -0.39 is 0 Å². The summed E-state index contributed by atoms with van der Waals surface area (Å²) >= 11 is 3.97. The first-order valence-corrected chi connectivity index (χ1v) is 4.77. The SMILES string of the molecule is CCC(COC)NC(=O)CCS. The summed E-state index contributed by atoms with van der Waals surface area (Å²) in [6.45, 7) is 2.60. The normalized spacial score (nSPS) is 12.6. The number of nitrogens with one attached hydrogen (secondary N) is 1. The summed E-state index contributed by atoms with van der Waals surface area (Å²) in [5.74, 6) is 0.642. The lowest BCUT2D eigenvalue weighted by Gasteiger charge is -2.15. The quantitative estimate of drug-likeness (QED) is 0.611. The predicted molar refractivity (Wildman–Crippen MR) is 52.6 cm³/mol. The molecule has 0 radical (unpaired) electrons. The molecule has 0 saturated carbocycles. The maximum absolute atomic E-state index is 11.1. The van der Waals surface area contributed by atoms with E-state index in [1.165, 1.54) is 0 Å². The van der Waals surface area contributed by atoms with Crippen LogP contribution in [0, 0.1) is 0 Å². The van der Waals surface area contributed by atoms with Gasteiger partial charge in [-0.2, -0.15) is 12.6 Å². The maximum atomic E-state index is 11.1. The van der Waals surface area contributed by atoms with E-state index in [9.17, 15) is 4.79 Å². The minimum atomic E-state index is 0.0499. The molecule has 1 N–H and O–H groups in total. The second-order valence-corrected chi connectivity index (χ2v) is 3.05. The zero-order chi connectivity index (χ0) is 9.40. The molecule has 1 atom stereocenters. The number of rotatable bonds is 6. The van der Waals surface area contributed by atoms with Gasteiger partial charge >= 0.3 is 0 Å². The third-order valence-corrected chi connectivity index (χ3v) is 1.79. The Kier molecular flexibility index (Phi) is 7.29. The Bertz CT molecular complexity index is 130. The minimum Gasteiger partial charge on any atom is -0.383 e. The standard InChI is InChI=1S/C8H17NO2S/c1-3-7(6-11-2)9-8(10)4-5-12/h7,12H,3-6H2,1-2H3,(H,9,10). The van der Waals surface area contributed by atoms with Crippen LogP contribution in [0.2, 0.25) is 0 Å². The Labute approximate surface area is 79.3 Å². The van der Waals surface area contributed by atoms with Gasteiger partial charge in [-0.15, -0.1) is 0 Å². The van der Waals surface area contributed by atoms with Crippen LogP contribution in [-0.2, 0) is 9.53 Å². The van der Waals surface area contributed by atoms with Crippen molar-refractivity contribution in [1.29, 1.82) is 0 Å². The lowest BCUT2D eigenvalue weighted by molar-refractivity contribution is -0.121. The molecule has 0 heterocycles. The maximum Gasteiger partial charge on any atom is 0.221 e. The first-order valence-electron chi connectivity index (χ1n) is 4.13. The van der Waals surface area contributed by atoms with Crippen molar-refractivity contribution < 1.29 is 9.53 Å². The number of carbonyl (C=O) groups excluding carboxylic acids is 1. The molecule has 3 nitrogen and oxygen atoms in total. The second-order valence-electron chi connectivity index (χ2n) is 2.60. The molecule has 0 aliphatic carbocycles. The highest BCUT2D eigenvalue weighted by Crippen LogP contribution is 1.93. The summed E-state index contributed by atoms with van der Waals surface area (Å²) in [6, 6.07) is 0.141. The molecule has 0 aromatic rings. The number of carbonyl (C=O) groups is 1. The molecule has 0 rings (SSSR count). The summed E-state index contributed by atoms with van der Waals surface area (Å²) in [6.07, 6.45) is 1.37. The Morgan fingerprint density at radius 2 is 2.33 bits per heavy atom. The summed E-state index contributed by atoms with van der Waals surface area (Å²) in [5, 5.41) is 2.86. The highest BCUT2D eigenvalue weighted by Gasteiger charge is 2.08. The third-order valence-electron chi connectivity index (χ3n) is 1.56. The highest BCUT2D eigenvalue weighted by atomic mass is 32.1. The largest absolute Gasteiger partial charge is 0.383 e. The van der Waals surface area contributed by atoms with Gasteiger partial charge in [0.1, 0.15) is 0 Å². The zero-order valence-electron chi connectivity index (χ0n) is 7.67. The summed E-state index contributed by atoms with van der Waals surface area (Å²) in [7, 11) is 1.63. The Hall–Kier alpha value is -0.220. The van der Waals surface area contributed by atoms with Crippen LogP contribution in [0.15, 0.2) is 0 Å². The molecule has 0 spiro atoms. The van der Waals surface area contributed by atoms with Crippen LogP contribution >= 0.6 is 12.6 Å². The average Bonchev–Trinajstić information content (AvgIpc) is 2.04. The number of hydrogen-bond acceptors (Lipinski definition) is 3. The van der Waals surface area contributed by atoms with Gasteiger partial charge in [0, 0.05) is 13.5 Å². The van der Waals surface area contributed by atoms with Crippen LogP contribution in [0.3, 0.4) is 0 Å². The van der Waals surface area contributed by atoms with Gasteiger partial charge in [0.2, 0.25) is 5.91 Å². The Morgan fingerprint density at radius 3 is 2.75 bits per heavy atom. The van der Waals surface area contributed by atoms with Crippen LogP contribution in [0.4, 0.5) is 0 Å². The molecule has 0 aliphatic heterocycles. The van der Waals surface area contributed by atoms with E-state index in [1.807, 2.05) is 6.92 Å². The van der Waals surface area contributed by atoms with Gasteiger partial charge in [0.25, 0.3) is 0 Å². The Balaban J connectivity index is 3.61. The van der Waals surface area contributed by atoms with Gasteiger partial charge < -0.3 is 10.1 Å². The van der Waals surface area contributed by atoms with Gasteiger partial charge in [0.05, 0.1) is 12.6 Å². The van der Waals surface area contributed by atoms with Crippen molar-refractivity contribution in [3.8, 4) is 0 Å². The van der Waals surface area contributed by atoms with Crippen LogP contribution in [0.5, 0.6) is 0 Å². The van der Waals surface area contributed by atoms with E-state index in [1.54, 1.807) is 7.11 Å². The number of methoxy groups -OCH3 is 1. The molecule has 4 heteroatoms. The van der Waals surface area contributed by atoms with Crippen molar-refractivity contribution in [2.75, 3.05) is 19.5 Å². The number of amides is 1. The molecule has 12 heavy (non-hydrogen) atoms. The monoisotopic (exact) mass is 191 g/mol. The van der Waals surface area contributed by atoms with Crippen molar-refractivity contribution in [2.45, 2.75) is 25.8 Å². The van der Waals surface area contributed by atoms with E-state index in [2.05, 4.69) is 17.9 Å². The second kappa shape index (κ2) is 7.43. The van der Waals surface area contributed by atoms with E-state index in [0.29, 0.717) is 18.8 Å². The van der Waals surface area contributed by atoms with Gasteiger partial charge in [0.15, 0.2) is 0 Å². The third kappa shape index (κ3) is 5.43.